The smallest absolute Gasteiger partial charge is 0.414 e. The zero-order chi connectivity index (χ0) is 47.6. The van der Waals surface area contributed by atoms with Crippen LogP contribution in [-0.4, -0.2) is 86.1 Å². The maximum absolute atomic E-state index is 13.6. The zero-order valence-corrected chi connectivity index (χ0v) is 38.5. The minimum atomic E-state index is -1.03. The summed E-state index contributed by atoms with van der Waals surface area (Å²) in [5.74, 6) is -0.529. The molecule has 65 heavy (non-hydrogen) atoms. The Bertz CT molecular complexity index is 2320. The molecule has 0 aliphatic carbocycles. The van der Waals surface area contributed by atoms with Crippen molar-refractivity contribution in [2.45, 2.75) is 103 Å². The molecule has 4 N–H and O–H groups in total. The standard InChI is InChI=1S/C50H63N5O10.H2/c1-10-19-38(45(58)61-9)53-44(57)37(24-16-17-30-51-46(54-47(59)64-49(3,4)5)55-48(60)65-50(6,7)8)52-41(56)25-18-32-63-40-29-27-34-21-13-15-23-36(34)43(40)42-35-22-14-12-20-33(35)26-28-39(42)62-31-11-2;/h10-15,20-23,26-29,37-38H,1-2,16-19,24-25,30-32H2,3-9H3,(H,52,56)(H,53,57)(H2,51,54,55,59,60);1H/t37-,38+;/m1./s1/i;1+1. The van der Waals surface area contributed by atoms with Gasteiger partial charge in [-0.05, 0) is 107 Å². The van der Waals surface area contributed by atoms with Crippen molar-refractivity contribution in [1.82, 2.24) is 21.3 Å². The van der Waals surface area contributed by atoms with E-state index in [0.717, 1.165) is 32.7 Å². The number of esters is 1. The number of hydrogen-bond acceptors (Lipinski definition) is 11. The second kappa shape index (κ2) is 24.2. The fourth-order valence-corrected chi connectivity index (χ4v) is 6.72. The molecule has 350 valence electrons. The summed E-state index contributed by atoms with van der Waals surface area (Å²) in [6.07, 6.45) is 2.90. The molecule has 4 amide bonds. The fourth-order valence-electron chi connectivity index (χ4n) is 6.72. The molecule has 0 fully saturated rings. The van der Waals surface area contributed by atoms with Gasteiger partial charge in [-0.15, -0.1) is 6.58 Å². The molecule has 0 radical (unpaired) electrons. The van der Waals surface area contributed by atoms with Crippen molar-refractivity contribution in [3.8, 4) is 22.6 Å². The van der Waals surface area contributed by atoms with Gasteiger partial charge in [-0.25, -0.2) is 14.4 Å². The predicted octanol–water partition coefficient (Wildman–Crippen LogP) is 8.92. The number of fused-ring (bicyclic) bond motifs is 2. The predicted molar refractivity (Wildman–Crippen MR) is 255 cm³/mol. The van der Waals surface area contributed by atoms with Crippen LogP contribution < -0.4 is 30.7 Å². The Balaban J connectivity index is 0.0000116. The van der Waals surface area contributed by atoms with Gasteiger partial charge in [0, 0.05) is 25.5 Å². The number of benzene rings is 4. The Hall–Kier alpha value is -6.90. The lowest BCUT2D eigenvalue weighted by Gasteiger charge is -2.22. The third-order valence-electron chi connectivity index (χ3n) is 9.46. The summed E-state index contributed by atoms with van der Waals surface area (Å²) in [5.41, 5.74) is 0.122. The van der Waals surface area contributed by atoms with Crippen molar-refractivity contribution in [1.29, 1.82) is 0 Å². The van der Waals surface area contributed by atoms with Crippen molar-refractivity contribution >= 4 is 57.5 Å². The Morgan fingerprint density at radius 3 is 1.77 bits per heavy atom. The lowest BCUT2D eigenvalue weighted by molar-refractivity contribution is -0.145. The lowest BCUT2D eigenvalue weighted by Crippen LogP contribution is -2.51. The number of carbonyl (C=O) groups excluding carboxylic acids is 5. The number of nitrogens with one attached hydrogen (secondary N) is 4. The fraction of sp³-hybridized carbons (Fsp3) is 0.400. The van der Waals surface area contributed by atoms with Gasteiger partial charge >= 0.3 is 18.2 Å². The molecule has 0 saturated carbocycles. The molecule has 0 aliphatic rings. The molecule has 0 aliphatic heterocycles. The van der Waals surface area contributed by atoms with Crippen LogP contribution in [0.3, 0.4) is 0 Å². The highest BCUT2D eigenvalue weighted by atomic mass is 16.6. The van der Waals surface area contributed by atoms with Crippen molar-refractivity contribution in [3.05, 3.63) is 98.1 Å². The first kappa shape index (κ1) is 50.7. The average molecular weight is 897 g/mol. The van der Waals surface area contributed by atoms with Crippen LogP contribution in [0.4, 0.5) is 9.59 Å². The molecule has 2 atom stereocenters. The van der Waals surface area contributed by atoms with Crippen LogP contribution in [0.5, 0.6) is 11.5 Å². The van der Waals surface area contributed by atoms with Gasteiger partial charge in [-0.1, -0.05) is 79.4 Å². The van der Waals surface area contributed by atoms with E-state index in [1.165, 1.54) is 13.2 Å². The molecule has 4 aromatic rings. The van der Waals surface area contributed by atoms with E-state index in [1.54, 1.807) is 47.6 Å². The molecule has 15 nitrogen and oxygen atoms in total. The summed E-state index contributed by atoms with van der Waals surface area (Å²) >= 11 is 0. The maximum Gasteiger partial charge on any atom is 0.414 e. The lowest BCUT2D eigenvalue weighted by atomic mass is 9.92. The second-order valence-corrected chi connectivity index (χ2v) is 17.1. The summed E-state index contributed by atoms with van der Waals surface area (Å²) in [5, 5.41) is 14.4. The molecule has 0 aromatic heterocycles. The van der Waals surface area contributed by atoms with E-state index in [9.17, 15) is 24.0 Å². The minimum Gasteiger partial charge on any atom is -0.493 e. The van der Waals surface area contributed by atoms with Gasteiger partial charge in [0.05, 0.1) is 13.7 Å². The number of aliphatic imine (C=N–C) groups is 1. The molecule has 0 unspecified atom stereocenters. The van der Waals surface area contributed by atoms with Crippen LogP contribution in [-0.2, 0) is 28.6 Å². The highest BCUT2D eigenvalue weighted by Crippen LogP contribution is 2.45. The monoisotopic (exact) mass is 896 g/mol. The normalized spacial score (nSPS) is 12.2. The third-order valence-corrected chi connectivity index (χ3v) is 9.46. The number of unbranched alkanes of at least 4 members (excludes halogenated alkanes) is 1. The number of hydrogen-bond donors (Lipinski definition) is 4. The number of amides is 4. The number of guanidine groups is 1. The van der Waals surface area contributed by atoms with E-state index in [-0.39, 0.29) is 39.8 Å². The first-order chi connectivity index (χ1) is 30.9. The first-order valence-corrected chi connectivity index (χ1v) is 21.7. The topological polar surface area (TPSA) is 192 Å². The van der Waals surface area contributed by atoms with Gasteiger partial charge in [0.15, 0.2) is 0 Å². The van der Waals surface area contributed by atoms with Crippen LogP contribution >= 0.6 is 0 Å². The Morgan fingerprint density at radius 1 is 0.692 bits per heavy atom. The van der Waals surface area contributed by atoms with Crippen LogP contribution in [0.1, 0.15) is 81.5 Å². The Morgan fingerprint density at radius 2 is 1.25 bits per heavy atom. The zero-order valence-electron chi connectivity index (χ0n) is 38.5. The van der Waals surface area contributed by atoms with Crippen molar-refractivity contribution < 1.29 is 49.1 Å². The Labute approximate surface area is 382 Å². The van der Waals surface area contributed by atoms with E-state index in [2.05, 4.69) is 45.5 Å². The highest BCUT2D eigenvalue weighted by molar-refractivity contribution is 6.10. The molecular formula is C50H65N5O10. The highest BCUT2D eigenvalue weighted by Gasteiger charge is 2.27. The first-order valence-electron chi connectivity index (χ1n) is 21.7. The van der Waals surface area contributed by atoms with E-state index < -0.39 is 53.3 Å². The molecule has 0 saturated heterocycles. The number of alkyl carbamates (subject to hydrolysis) is 2. The average Bonchev–Trinajstić information content (AvgIpc) is 3.24. The van der Waals surface area contributed by atoms with Crippen LogP contribution in [0.2, 0.25) is 0 Å². The second-order valence-electron chi connectivity index (χ2n) is 17.1. The van der Waals surface area contributed by atoms with Gasteiger partial charge in [-0.2, -0.15) is 0 Å². The van der Waals surface area contributed by atoms with Gasteiger partial charge in [0.2, 0.25) is 17.8 Å². The summed E-state index contributed by atoms with van der Waals surface area (Å²) in [7, 11) is 1.22. The van der Waals surface area contributed by atoms with E-state index in [0.29, 0.717) is 37.4 Å². The summed E-state index contributed by atoms with van der Waals surface area (Å²) in [4.78, 5) is 69.0. The number of carbonyl (C=O) groups is 5. The number of ether oxygens (including phenoxy) is 5. The minimum absolute atomic E-state index is 0. The Kier molecular flexibility index (Phi) is 18.9. The van der Waals surface area contributed by atoms with Crippen molar-refractivity contribution in [3.63, 3.8) is 0 Å². The van der Waals surface area contributed by atoms with Crippen LogP contribution in [0.15, 0.2) is 103 Å². The summed E-state index contributed by atoms with van der Waals surface area (Å²) in [6.45, 7) is 18.3. The third kappa shape index (κ3) is 16.3. The molecule has 15 heteroatoms. The van der Waals surface area contributed by atoms with Crippen LogP contribution in [0.25, 0.3) is 32.7 Å². The largest absolute Gasteiger partial charge is 0.493 e. The van der Waals surface area contributed by atoms with E-state index in [4.69, 9.17) is 23.7 Å². The molecule has 4 aromatic carbocycles. The van der Waals surface area contributed by atoms with E-state index >= 15 is 0 Å². The van der Waals surface area contributed by atoms with Gasteiger partial charge < -0.3 is 34.3 Å². The van der Waals surface area contributed by atoms with Crippen LogP contribution in [0, 0.1) is 0 Å². The maximum atomic E-state index is 13.6. The number of rotatable bonds is 20. The van der Waals surface area contributed by atoms with Gasteiger partial charge in [-0.3, -0.25) is 25.2 Å². The van der Waals surface area contributed by atoms with Gasteiger partial charge in [0.1, 0.15) is 41.4 Å². The van der Waals surface area contributed by atoms with Gasteiger partial charge in [0.25, 0.3) is 0 Å². The van der Waals surface area contributed by atoms with E-state index in [1.807, 2.05) is 66.7 Å². The summed E-state index contributed by atoms with van der Waals surface area (Å²) in [6, 6.07) is 22.0. The molecule has 0 bridgehead atoms. The number of methoxy groups -OCH3 is 1. The van der Waals surface area contributed by atoms with Crippen molar-refractivity contribution in [2.75, 3.05) is 26.9 Å². The molecule has 4 rings (SSSR count). The van der Waals surface area contributed by atoms with Crippen molar-refractivity contribution in [2.24, 2.45) is 4.99 Å². The number of nitrogens with zero attached hydrogens (tertiary/aromatic N) is 1. The molecule has 0 spiro atoms. The SMILES string of the molecule is C=CCOc1ccc2ccccc2c1-c1c(OCCCC(=O)N[C@H](CCCCN=C(NC(=O)OC(C)(C)C)NC(=O)OC(C)(C)C)C(=O)N[C@@H](CC=C)C(=O)OC)ccc2ccccc12.[2HH]. The summed E-state index contributed by atoms with van der Waals surface area (Å²) < 4.78 is 28.1. The quantitative estimate of drug-likeness (QED) is 0.0166. The molecular weight excluding hydrogens is 831 g/mol. The molecule has 0 heterocycles.